The minimum Gasteiger partial charge on any atom is -0.399 e. The first-order chi connectivity index (χ1) is 7.78. The minimum atomic E-state index is 0.823. The van der Waals surface area contributed by atoms with Gasteiger partial charge in [-0.2, -0.15) is 0 Å². The second kappa shape index (κ2) is 3.15. The molecule has 0 aromatic heterocycles. The van der Waals surface area contributed by atoms with Gasteiger partial charge in [-0.25, -0.2) is 0 Å². The van der Waals surface area contributed by atoms with Crippen molar-refractivity contribution in [2.75, 3.05) is 5.73 Å². The molecule has 0 saturated carbocycles. The van der Waals surface area contributed by atoms with E-state index in [1.807, 2.05) is 18.2 Å². The molecule has 1 aliphatic rings. The Kier molecular flexibility index (Phi) is 1.78. The quantitative estimate of drug-likeness (QED) is 0.443. The lowest BCUT2D eigenvalue weighted by Gasteiger charge is -2.01. The zero-order valence-electron chi connectivity index (χ0n) is 8.83. The summed E-state index contributed by atoms with van der Waals surface area (Å²) < 4.78 is 0. The molecule has 0 aliphatic heterocycles. The average Bonchev–Trinajstić information content (AvgIpc) is 2.64. The Morgan fingerprint density at radius 1 is 1.00 bits per heavy atom. The summed E-state index contributed by atoms with van der Waals surface area (Å²) in [6, 6.07) is 12.3. The number of nitrogen functional groups attached to an aromatic ring is 1. The van der Waals surface area contributed by atoms with Crippen LogP contribution in [0.4, 0.5) is 5.69 Å². The monoisotopic (exact) mass is 205 g/mol. The summed E-state index contributed by atoms with van der Waals surface area (Å²) in [6.07, 6.45) is 6.34. The highest BCUT2D eigenvalue weighted by atomic mass is 14.5. The molecular weight excluding hydrogens is 194 g/mol. The number of hydrogen-bond acceptors (Lipinski definition) is 1. The van der Waals surface area contributed by atoms with Crippen LogP contribution in [0, 0.1) is 12.3 Å². The van der Waals surface area contributed by atoms with Gasteiger partial charge in [0.2, 0.25) is 0 Å². The maximum absolute atomic E-state index is 5.79. The highest BCUT2D eigenvalue weighted by Gasteiger charge is 2.18. The lowest BCUT2D eigenvalue weighted by Crippen LogP contribution is -1.86. The van der Waals surface area contributed by atoms with Crippen molar-refractivity contribution in [1.29, 1.82) is 0 Å². The van der Waals surface area contributed by atoms with Crippen LogP contribution in [-0.2, 0) is 6.42 Å². The highest BCUT2D eigenvalue weighted by molar-refractivity contribution is 5.78. The molecule has 0 amide bonds. The molecule has 0 saturated heterocycles. The summed E-state index contributed by atoms with van der Waals surface area (Å²) in [5.74, 6) is 2.67. The molecule has 0 unspecified atom stereocenters. The second-order valence-electron chi connectivity index (χ2n) is 4.11. The lowest BCUT2D eigenvalue weighted by atomic mass is 10.0. The maximum atomic E-state index is 5.79. The van der Waals surface area contributed by atoms with Gasteiger partial charge in [0.1, 0.15) is 0 Å². The predicted octanol–water partition coefficient (Wildman–Crippen LogP) is 2.82. The van der Waals surface area contributed by atoms with Crippen LogP contribution < -0.4 is 5.73 Å². The Labute approximate surface area is 94.9 Å². The van der Waals surface area contributed by atoms with Gasteiger partial charge in [0.15, 0.2) is 0 Å². The Morgan fingerprint density at radius 3 is 2.44 bits per heavy atom. The van der Waals surface area contributed by atoms with Crippen molar-refractivity contribution in [1.82, 2.24) is 0 Å². The number of hydrogen-bond donors (Lipinski definition) is 1. The molecule has 1 aliphatic carbocycles. The fourth-order valence-electron chi connectivity index (χ4n) is 2.32. The fraction of sp³-hybridized carbons (Fsp3) is 0.0667. The van der Waals surface area contributed by atoms with Crippen molar-refractivity contribution < 1.29 is 0 Å². The Morgan fingerprint density at radius 2 is 1.69 bits per heavy atom. The number of fused-ring (bicyclic) bond motifs is 3. The third kappa shape index (κ3) is 1.20. The molecule has 0 heterocycles. The van der Waals surface area contributed by atoms with Gasteiger partial charge < -0.3 is 5.73 Å². The van der Waals surface area contributed by atoms with Crippen LogP contribution >= 0.6 is 0 Å². The smallest absolute Gasteiger partial charge is 0.0317 e. The molecule has 16 heavy (non-hydrogen) atoms. The van der Waals surface area contributed by atoms with E-state index in [9.17, 15) is 0 Å². The normalized spacial score (nSPS) is 11.7. The first kappa shape index (κ1) is 9.06. The van der Waals surface area contributed by atoms with Crippen molar-refractivity contribution in [2.24, 2.45) is 0 Å². The van der Waals surface area contributed by atoms with Crippen LogP contribution in [0.2, 0.25) is 0 Å². The summed E-state index contributed by atoms with van der Waals surface area (Å²) in [5.41, 5.74) is 12.7. The van der Waals surface area contributed by atoms with Crippen molar-refractivity contribution >= 4 is 5.69 Å². The second-order valence-corrected chi connectivity index (χ2v) is 4.11. The number of rotatable bonds is 0. The van der Waals surface area contributed by atoms with Gasteiger partial charge in [-0.05, 0) is 52.9 Å². The van der Waals surface area contributed by atoms with E-state index < -0.39 is 0 Å². The number of nitrogens with two attached hydrogens (primary N) is 1. The van der Waals surface area contributed by atoms with Crippen LogP contribution in [0.3, 0.4) is 0 Å². The molecule has 3 rings (SSSR count). The predicted molar refractivity (Wildman–Crippen MR) is 67.0 cm³/mol. The third-order valence-electron chi connectivity index (χ3n) is 3.07. The van der Waals surface area contributed by atoms with Crippen LogP contribution in [0.1, 0.15) is 16.7 Å². The molecule has 2 aromatic rings. The molecule has 0 radical (unpaired) electrons. The maximum Gasteiger partial charge on any atom is 0.0317 e. The van der Waals surface area contributed by atoms with Gasteiger partial charge in [-0.3, -0.25) is 0 Å². The first-order valence-corrected chi connectivity index (χ1v) is 5.26. The summed E-state index contributed by atoms with van der Waals surface area (Å²) >= 11 is 0. The summed E-state index contributed by atoms with van der Waals surface area (Å²) in [5, 5.41) is 0. The minimum absolute atomic E-state index is 0.823. The molecule has 0 bridgehead atoms. The Balaban J connectivity index is 2.21. The van der Waals surface area contributed by atoms with Gasteiger partial charge in [0.05, 0.1) is 0 Å². The zero-order valence-corrected chi connectivity index (χ0v) is 8.83. The summed E-state index contributed by atoms with van der Waals surface area (Å²) in [6.45, 7) is 0. The van der Waals surface area contributed by atoms with E-state index in [0.717, 1.165) is 17.7 Å². The van der Waals surface area contributed by atoms with Crippen LogP contribution in [0.5, 0.6) is 0 Å². The van der Waals surface area contributed by atoms with Crippen molar-refractivity contribution in [3.8, 4) is 23.5 Å². The van der Waals surface area contributed by atoms with E-state index in [1.165, 1.54) is 22.3 Å². The van der Waals surface area contributed by atoms with E-state index >= 15 is 0 Å². The molecule has 0 spiro atoms. The number of benzene rings is 2. The van der Waals surface area contributed by atoms with Gasteiger partial charge >= 0.3 is 0 Å². The van der Waals surface area contributed by atoms with Crippen LogP contribution in [0.25, 0.3) is 11.1 Å². The molecular formula is C15H11N. The largest absolute Gasteiger partial charge is 0.399 e. The molecule has 0 atom stereocenters. The highest BCUT2D eigenvalue weighted by Crippen LogP contribution is 2.37. The molecule has 0 fully saturated rings. The SMILES string of the molecule is C#Cc1ccc2c(c1)Cc1cc(N)ccc1-2. The van der Waals surface area contributed by atoms with E-state index in [1.54, 1.807) is 0 Å². The van der Waals surface area contributed by atoms with Crippen LogP contribution in [0.15, 0.2) is 36.4 Å². The van der Waals surface area contributed by atoms with Crippen molar-refractivity contribution in [3.63, 3.8) is 0 Å². The van der Waals surface area contributed by atoms with Gasteiger partial charge in [0.25, 0.3) is 0 Å². The van der Waals surface area contributed by atoms with Gasteiger partial charge in [-0.15, -0.1) is 6.42 Å². The number of terminal acetylenes is 1. The van der Waals surface area contributed by atoms with E-state index in [-0.39, 0.29) is 0 Å². The van der Waals surface area contributed by atoms with Crippen molar-refractivity contribution in [2.45, 2.75) is 6.42 Å². The zero-order chi connectivity index (χ0) is 11.1. The van der Waals surface area contributed by atoms with Crippen molar-refractivity contribution in [3.05, 3.63) is 53.1 Å². The fourth-order valence-corrected chi connectivity index (χ4v) is 2.32. The van der Waals surface area contributed by atoms with E-state index in [0.29, 0.717) is 0 Å². The molecule has 2 N–H and O–H groups in total. The average molecular weight is 205 g/mol. The Bertz CT molecular complexity index is 618. The molecule has 76 valence electrons. The van der Waals surface area contributed by atoms with Gasteiger partial charge in [0, 0.05) is 11.3 Å². The third-order valence-corrected chi connectivity index (χ3v) is 3.07. The lowest BCUT2D eigenvalue weighted by molar-refractivity contribution is 1.26. The standard InChI is InChI=1S/C15H11N/c1-2-10-3-5-14-11(7-10)8-12-9-13(16)4-6-15(12)14/h1,3-7,9H,8,16H2. The molecule has 2 aromatic carbocycles. The van der Waals surface area contributed by atoms with E-state index in [2.05, 4.69) is 24.1 Å². The van der Waals surface area contributed by atoms with E-state index in [4.69, 9.17) is 12.2 Å². The van der Waals surface area contributed by atoms with Gasteiger partial charge in [-0.1, -0.05) is 18.1 Å². The summed E-state index contributed by atoms with van der Waals surface area (Å²) in [4.78, 5) is 0. The topological polar surface area (TPSA) is 26.0 Å². The Hall–Kier alpha value is -2.20. The molecule has 1 heteroatoms. The molecule has 1 nitrogen and oxygen atoms in total. The van der Waals surface area contributed by atoms with Crippen LogP contribution in [-0.4, -0.2) is 0 Å². The first-order valence-electron chi connectivity index (χ1n) is 5.26. The summed E-state index contributed by atoms with van der Waals surface area (Å²) in [7, 11) is 0. The number of anilines is 1.